The van der Waals surface area contributed by atoms with E-state index in [9.17, 15) is 8.42 Å². The van der Waals surface area contributed by atoms with Gasteiger partial charge in [0.25, 0.3) is 10.0 Å². The molecule has 0 fully saturated rings. The van der Waals surface area contributed by atoms with E-state index in [1.54, 1.807) is 13.1 Å². The zero-order valence-corrected chi connectivity index (χ0v) is 13.9. The number of hydrogen-bond donors (Lipinski definition) is 1. The summed E-state index contributed by atoms with van der Waals surface area (Å²) in [6.45, 7) is 8.04. The van der Waals surface area contributed by atoms with Crippen molar-refractivity contribution in [1.82, 2.24) is 9.62 Å². The lowest BCUT2D eigenvalue weighted by Gasteiger charge is -2.15. The van der Waals surface area contributed by atoms with Gasteiger partial charge >= 0.3 is 0 Å². The van der Waals surface area contributed by atoms with Crippen LogP contribution in [0.1, 0.15) is 24.6 Å². The minimum atomic E-state index is -3.33. The van der Waals surface area contributed by atoms with Crippen LogP contribution in [-0.2, 0) is 16.4 Å². The summed E-state index contributed by atoms with van der Waals surface area (Å²) in [5.41, 5.74) is 0. The molecular weight excluding hydrogens is 292 g/mol. The zero-order valence-electron chi connectivity index (χ0n) is 12.3. The van der Waals surface area contributed by atoms with Crippen molar-refractivity contribution in [2.45, 2.75) is 30.4 Å². The quantitative estimate of drug-likeness (QED) is 0.533. The van der Waals surface area contributed by atoms with Gasteiger partial charge in [0.2, 0.25) is 0 Å². The second-order valence-electron chi connectivity index (χ2n) is 4.58. The summed E-state index contributed by atoms with van der Waals surface area (Å²) in [6.07, 6.45) is 4.31. The van der Waals surface area contributed by atoms with Gasteiger partial charge in [0.1, 0.15) is 4.21 Å². The Bertz CT molecular complexity index is 509. The van der Waals surface area contributed by atoms with E-state index in [1.165, 1.54) is 15.6 Å². The van der Waals surface area contributed by atoms with Gasteiger partial charge in [0, 0.05) is 18.5 Å². The highest BCUT2D eigenvalue weighted by molar-refractivity contribution is 7.91. The Labute approximate surface area is 126 Å². The lowest BCUT2D eigenvalue weighted by molar-refractivity contribution is 0.464. The van der Waals surface area contributed by atoms with E-state index in [4.69, 9.17) is 0 Å². The van der Waals surface area contributed by atoms with Crippen molar-refractivity contribution in [3.63, 3.8) is 0 Å². The number of nitrogens with one attached hydrogen (secondary N) is 1. The summed E-state index contributed by atoms with van der Waals surface area (Å²) in [7, 11) is -1.70. The highest BCUT2D eigenvalue weighted by Crippen LogP contribution is 2.24. The second kappa shape index (κ2) is 8.56. The van der Waals surface area contributed by atoms with E-state index in [2.05, 4.69) is 18.8 Å². The van der Waals surface area contributed by atoms with E-state index >= 15 is 0 Å². The highest BCUT2D eigenvalue weighted by atomic mass is 32.2. The molecule has 1 heterocycles. The fourth-order valence-corrected chi connectivity index (χ4v) is 4.53. The summed E-state index contributed by atoms with van der Waals surface area (Å²) < 4.78 is 26.6. The minimum Gasteiger partial charge on any atom is -0.317 e. The first kappa shape index (κ1) is 17.4. The predicted molar refractivity (Wildman–Crippen MR) is 85.8 cm³/mol. The molecule has 0 unspecified atom stereocenters. The largest absolute Gasteiger partial charge is 0.317 e. The summed E-state index contributed by atoms with van der Waals surface area (Å²) in [5.74, 6) is 0. The average molecular weight is 316 g/mol. The van der Waals surface area contributed by atoms with Crippen LogP contribution in [-0.4, -0.2) is 39.4 Å². The third-order valence-corrected chi connectivity index (χ3v) is 6.45. The zero-order chi connectivity index (χ0) is 15.0. The highest BCUT2D eigenvalue weighted by Gasteiger charge is 2.22. The average Bonchev–Trinajstić information content (AvgIpc) is 2.88. The fourth-order valence-electron chi connectivity index (χ4n) is 1.75. The van der Waals surface area contributed by atoms with Crippen molar-refractivity contribution >= 4 is 21.4 Å². The molecule has 4 nitrogen and oxygen atoms in total. The summed E-state index contributed by atoms with van der Waals surface area (Å²) in [6, 6.07) is 3.62. The molecule has 0 aliphatic heterocycles. The van der Waals surface area contributed by atoms with E-state index in [-0.39, 0.29) is 0 Å². The summed E-state index contributed by atoms with van der Waals surface area (Å²) in [4.78, 5) is 1.10. The van der Waals surface area contributed by atoms with Crippen molar-refractivity contribution in [2.75, 3.05) is 26.7 Å². The molecular formula is C14H24N2O2S2. The van der Waals surface area contributed by atoms with Crippen molar-refractivity contribution in [1.29, 1.82) is 0 Å². The summed E-state index contributed by atoms with van der Waals surface area (Å²) in [5, 5.41) is 3.24. The maximum atomic E-state index is 12.4. The molecule has 0 atom stereocenters. The third-order valence-electron chi connectivity index (χ3n) is 2.98. The second-order valence-corrected chi connectivity index (χ2v) is 8.02. The molecule has 114 valence electrons. The van der Waals surface area contributed by atoms with E-state index in [0.29, 0.717) is 10.8 Å². The lowest BCUT2D eigenvalue weighted by Crippen LogP contribution is -2.27. The van der Waals surface area contributed by atoms with Gasteiger partial charge in [-0.2, -0.15) is 0 Å². The first-order valence-electron chi connectivity index (χ1n) is 6.89. The van der Waals surface area contributed by atoms with Crippen molar-refractivity contribution in [2.24, 2.45) is 0 Å². The molecule has 0 spiro atoms. The Morgan fingerprint density at radius 3 is 2.85 bits per heavy atom. The van der Waals surface area contributed by atoms with Crippen LogP contribution in [0, 0.1) is 0 Å². The number of sulfonamides is 1. The molecule has 0 aliphatic carbocycles. The van der Waals surface area contributed by atoms with Gasteiger partial charge in [-0.05, 0) is 44.5 Å². The monoisotopic (exact) mass is 316 g/mol. The molecule has 0 saturated carbocycles. The normalized spacial score (nSPS) is 11.9. The number of thiophene rings is 1. The number of unbranched alkanes of at least 4 members (excludes halogenated alkanes) is 1. The Hall–Kier alpha value is -0.690. The van der Waals surface area contributed by atoms with Gasteiger partial charge in [0.05, 0.1) is 0 Å². The number of nitrogens with zero attached hydrogens (tertiary/aromatic N) is 1. The molecule has 0 aromatic carbocycles. The molecule has 6 heteroatoms. The molecule has 1 rings (SSSR count). The molecule has 0 bridgehead atoms. The van der Waals surface area contributed by atoms with Crippen molar-refractivity contribution in [3.8, 4) is 0 Å². The first-order chi connectivity index (χ1) is 9.52. The minimum absolute atomic E-state index is 0.435. The van der Waals surface area contributed by atoms with Gasteiger partial charge in [-0.25, -0.2) is 12.7 Å². The van der Waals surface area contributed by atoms with Gasteiger partial charge in [-0.3, -0.25) is 0 Å². The van der Waals surface area contributed by atoms with Gasteiger partial charge in [-0.15, -0.1) is 17.9 Å². The van der Waals surface area contributed by atoms with Crippen LogP contribution >= 0.6 is 11.3 Å². The topological polar surface area (TPSA) is 49.4 Å². The molecule has 0 amide bonds. The van der Waals surface area contributed by atoms with E-state index < -0.39 is 10.0 Å². The third kappa shape index (κ3) is 5.01. The van der Waals surface area contributed by atoms with Crippen LogP contribution in [0.25, 0.3) is 0 Å². The molecule has 1 aromatic rings. The Morgan fingerprint density at radius 2 is 2.20 bits per heavy atom. The van der Waals surface area contributed by atoms with Crippen LogP contribution in [0.3, 0.4) is 0 Å². The van der Waals surface area contributed by atoms with Crippen LogP contribution in [0.2, 0.25) is 0 Å². The van der Waals surface area contributed by atoms with Crippen LogP contribution in [0.5, 0.6) is 0 Å². The standard InChI is InChI=1S/C14H24N2O2S2/c1-4-6-7-12-16(3)20(17,18)14-9-8-13(19-14)10-11-15-5-2/h4,8-9,15H,1,5-7,10-12H2,2-3H3. The van der Waals surface area contributed by atoms with Crippen LogP contribution in [0.15, 0.2) is 29.0 Å². The van der Waals surface area contributed by atoms with Gasteiger partial charge < -0.3 is 5.32 Å². The molecule has 0 aliphatic rings. The van der Waals surface area contributed by atoms with E-state index in [1.807, 2.05) is 12.1 Å². The Balaban J connectivity index is 2.64. The van der Waals surface area contributed by atoms with Gasteiger partial charge in [0.15, 0.2) is 0 Å². The fraction of sp³-hybridized carbons (Fsp3) is 0.571. The lowest BCUT2D eigenvalue weighted by atomic mass is 10.3. The van der Waals surface area contributed by atoms with Crippen molar-refractivity contribution < 1.29 is 8.42 Å². The number of allylic oxidation sites excluding steroid dienone is 1. The first-order valence-corrected chi connectivity index (χ1v) is 9.14. The van der Waals surface area contributed by atoms with E-state index in [0.717, 1.165) is 37.2 Å². The molecule has 1 aromatic heterocycles. The number of hydrogen-bond acceptors (Lipinski definition) is 4. The van der Waals surface area contributed by atoms with Gasteiger partial charge in [-0.1, -0.05) is 13.0 Å². The smallest absolute Gasteiger partial charge is 0.252 e. The SMILES string of the molecule is C=CCCCN(C)S(=O)(=O)c1ccc(CCNCC)s1. The number of rotatable bonds is 10. The summed E-state index contributed by atoms with van der Waals surface area (Å²) >= 11 is 1.37. The predicted octanol–water partition coefficient (Wildman–Crippen LogP) is 2.49. The molecule has 20 heavy (non-hydrogen) atoms. The van der Waals surface area contributed by atoms with Crippen LogP contribution in [0.4, 0.5) is 0 Å². The van der Waals surface area contributed by atoms with Crippen molar-refractivity contribution in [3.05, 3.63) is 29.7 Å². The maximum Gasteiger partial charge on any atom is 0.252 e. The molecule has 0 radical (unpaired) electrons. The maximum absolute atomic E-state index is 12.4. The Morgan fingerprint density at radius 1 is 1.45 bits per heavy atom. The molecule has 1 N–H and O–H groups in total. The number of likely N-dealkylation sites (N-methyl/N-ethyl adjacent to an activating group) is 1. The Kier molecular flexibility index (Phi) is 7.43. The molecule has 0 saturated heterocycles. The van der Waals surface area contributed by atoms with Crippen LogP contribution < -0.4 is 5.32 Å².